The summed E-state index contributed by atoms with van der Waals surface area (Å²) in [7, 11) is 0. The Balaban J connectivity index is 1.77. The van der Waals surface area contributed by atoms with Gasteiger partial charge in [0.05, 0.1) is 16.7 Å². The Labute approximate surface area is 184 Å². The molecule has 0 bridgehead atoms. The number of ketones is 1. The van der Waals surface area contributed by atoms with E-state index in [0.717, 1.165) is 11.1 Å². The first-order valence-corrected chi connectivity index (χ1v) is 10.5. The predicted molar refractivity (Wildman–Crippen MR) is 118 cm³/mol. The maximum atomic E-state index is 12.7. The standard InChI is InChI=1S/C23H21N3O4S/c1-14(2)18-8-7-15(3)9-22(18)30-12-21(27)19(11-24)23-25-20(13-31-23)16-5-4-6-17(10-16)26(28)29/h4-10,13-14,19H,12H2,1-3H3. The molecular formula is C23H21N3O4S. The fourth-order valence-electron chi connectivity index (χ4n) is 3.07. The smallest absolute Gasteiger partial charge is 0.270 e. The third-order valence-corrected chi connectivity index (χ3v) is 5.64. The summed E-state index contributed by atoms with van der Waals surface area (Å²) in [5.41, 5.74) is 3.00. The van der Waals surface area contributed by atoms with Gasteiger partial charge in [-0.15, -0.1) is 11.3 Å². The molecule has 0 amide bonds. The van der Waals surface area contributed by atoms with Crippen LogP contribution in [0.3, 0.4) is 0 Å². The lowest BCUT2D eigenvalue weighted by molar-refractivity contribution is -0.384. The van der Waals surface area contributed by atoms with Crippen LogP contribution >= 0.6 is 11.3 Å². The van der Waals surface area contributed by atoms with Gasteiger partial charge < -0.3 is 4.74 Å². The van der Waals surface area contributed by atoms with Crippen LogP contribution in [0.25, 0.3) is 11.3 Å². The fraction of sp³-hybridized carbons (Fsp3) is 0.261. The van der Waals surface area contributed by atoms with Gasteiger partial charge in [-0.3, -0.25) is 14.9 Å². The number of carbonyl (C=O) groups excluding carboxylic acids is 1. The van der Waals surface area contributed by atoms with E-state index in [2.05, 4.69) is 4.98 Å². The Hall–Kier alpha value is -3.57. The van der Waals surface area contributed by atoms with Crippen LogP contribution in [0.2, 0.25) is 0 Å². The third kappa shape index (κ3) is 5.13. The molecule has 8 heteroatoms. The Morgan fingerprint density at radius 3 is 2.74 bits per heavy atom. The molecule has 0 aliphatic heterocycles. The number of hydrogen-bond donors (Lipinski definition) is 0. The summed E-state index contributed by atoms with van der Waals surface area (Å²) in [6.45, 7) is 5.79. The number of aryl methyl sites for hydroxylation is 1. The van der Waals surface area contributed by atoms with Gasteiger partial charge in [-0.25, -0.2) is 4.98 Å². The number of nitro benzene ring substituents is 1. The molecule has 0 radical (unpaired) electrons. The van der Waals surface area contributed by atoms with E-state index in [4.69, 9.17) is 4.74 Å². The largest absolute Gasteiger partial charge is 0.485 e. The molecule has 0 spiro atoms. The van der Waals surface area contributed by atoms with Gasteiger partial charge in [-0.1, -0.05) is 38.1 Å². The van der Waals surface area contributed by atoms with E-state index >= 15 is 0 Å². The summed E-state index contributed by atoms with van der Waals surface area (Å²) in [6.07, 6.45) is 0. The number of ether oxygens (including phenoxy) is 1. The first-order chi connectivity index (χ1) is 14.8. The number of hydrogen-bond acceptors (Lipinski definition) is 7. The maximum Gasteiger partial charge on any atom is 0.270 e. The molecule has 1 atom stereocenters. The van der Waals surface area contributed by atoms with Crippen molar-refractivity contribution in [2.45, 2.75) is 32.6 Å². The average molecular weight is 436 g/mol. The van der Waals surface area contributed by atoms with Crippen LogP contribution in [0.1, 0.15) is 41.8 Å². The number of thiazole rings is 1. The lowest BCUT2D eigenvalue weighted by Gasteiger charge is -2.15. The van der Waals surface area contributed by atoms with Gasteiger partial charge in [0.1, 0.15) is 17.4 Å². The highest BCUT2D eigenvalue weighted by Gasteiger charge is 2.25. The summed E-state index contributed by atoms with van der Waals surface area (Å²) in [6, 6.07) is 13.9. The Morgan fingerprint density at radius 1 is 1.29 bits per heavy atom. The number of non-ortho nitro benzene ring substituents is 1. The zero-order valence-corrected chi connectivity index (χ0v) is 18.2. The number of Topliss-reactive ketones (excluding diaryl/α,β-unsaturated/α-hetero) is 1. The van der Waals surface area contributed by atoms with Crippen molar-refractivity contribution in [2.75, 3.05) is 6.61 Å². The van der Waals surface area contributed by atoms with Crippen LogP contribution in [0.4, 0.5) is 5.69 Å². The molecular weight excluding hydrogens is 414 g/mol. The molecule has 0 aliphatic carbocycles. The van der Waals surface area contributed by atoms with Gasteiger partial charge in [0.15, 0.2) is 11.7 Å². The Bertz CT molecular complexity index is 1160. The van der Waals surface area contributed by atoms with Gasteiger partial charge >= 0.3 is 0 Å². The Morgan fingerprint density at radius 2 is 2.06 bits per heavy atom. The molecule has 0 saturated heterocycles. The highest BCUT2D eigenvalue weighted by Crippen LogP contribution is 2.30. The zero-order valence-electron chi connectivity index (χ0n) is 17.4. The van der Waals surface area contributed by atoms with E-state index in [0.29, 0.717) is 22.0 Å². The highest BCUT2D eigenvalue weighted by atomic mass is 32.1. The van der Waals surface area contributed by atoms with Crippen molar-refractivity contribution in [2.24, 2.45) is 0 Å². The van der Waals surface area contributed by atoms with Crippen LogP contribution in [-0.2, 0) is 4.79 Å². The van der Waals surface area contributed by atoms with Crippen molar-refractivity contribution in [3.05, 3.63) is 74.1 Å². The van der Waals surface area contributed by atoms with Crippen LogP contribution in [0.15, 0.2) is 47.8 Å². The molecule has 0 fully saturated rings. The molecule has 3 rings (SSSR count). The van der Waals surface area contributed by atoms with Crippen molar-refractivity contribution in [1.29, 1.82) is 5.26 Å². The second-order valence-corrected chi connectivity index (χ2v) is 8.28. The van der Waals surface area contributed by atoms with Gasteiger partial charge in [0.25, 0.3) is 5.69 Å². The number of nitrogens with zero attached hydrogens (tertiary/aromatic N) is 3. The minimum Gasteiger partial charge on any atom is -0.485 e. The first kappa shape index (κ1) is 22.1. The van der Waals surface area contributed by atoms with Gasteiger partial charge in [-0.2, -0.15) is 5.26 Å². The number of aromatic nitrogens is 1. The highest BCUT2D eigenvalue weighted by molar-refractivity contribution is 7.10. The molecule has 0 aliphatic rings. The van der Waals surface area contributed by atoms with Crippen molar-refractivity contribution in [1.82, 2.24) is 4.98 Å². The SMILES string of the molecule is Cc1ccc(C(C)C)c(OCC(=O)C(C#N)c2nc(-c3cccc([N+](=O)[O-])c3)cs2)c1. The molecule has 31 heavy (non-hydrogen) atoms. The minimum absolute atomic E-state index is 0.0486. The van der Waals surface area contributed by atoms with E-state index < -0.39 is 16.6 Å². The normalized spacial score (nSPS) is 11.7. The number of nitro groups is 1. The lowest BCUT2D eigenvalue weighted by atomic mass is 10.0. The molecule has 1 aromatic heterocycles. The van der Waals surface area contributed by atoms with Crippen LogP contribution < -0.4 is 4.74 Å². The average Bonchev–Trinajstić information content (AvgIpc) is 3.22. The van der Waals surface area contributed by atoms with E-state index in [1.165, 1.54) is 23.5 Å². The maximum absolute atomic E-state index is 12.7. The van der Waals surface area contributed by atoms with Crippen LogP contribution in [0, 0.1) is 28.4 Å². The van der Waals surface area contributed by atoms with Crippen molar-refractivity contribution in [3.8, 4) is 23.1 Å². The van der Waals surface area contributed by atoms with Gasteiger partial charge in [0.2, 0.25) is 0 Å². The molecule has 7 nitrogen and oxygen atoms in total. The minimum atomic E-state index is -1.07. The summed E-state index contributed by atoms with van der Waals surface area (Å²) in [4.78, 5) is 27.6. The van der Waals surface area contributed by atoms with Crippen molar-refractivity contribution < 1.29 is 14.5 Å². The lowest BCUT2D eigenvalue weighted by Crippen LogP contribution is -2.19. The predicted octanol–water partition coefficient (Wildman–Crippen LogP) is 5.41. The van der Waals surface area contributed by atoms with E-state index in [-0.39, 0.29) is 18.2 Å². The fourth-order valence-corrected chi connectivity index (χ4v) is 3.96. The second kappa shape index (κ2) is 9.49. The van der Waals surface area contributed by atoms with E-state index in [1.807, 2.05) is 45.0 Å². The number of carbonyl (C=O) groups is 1. The number of rotatable bonds is 8. The molecule has 1 unspecified atom stereocenters. The van der Waals surface area contributed by atoms with Crippen molar-refractivity contribution in [3.63, 3.8) is 0 Å². The van der Waals surface area contributed by atoms with Crippen LogP contribution in [-0.4, -0.2) is 22.3 Å². The van der Waals surface area contributed by atoms with E-state index in [1.54, 1.807) is 17.5 Å². The summed E-state index contributed by atoms with van der Waals surface area (Å²) >= 11 is 1.17. The summed E-state index contributed by atoms with van der Waals surface area (Å²) in [5.74, 6) is -0.589. The zero-order chi connectivity index (χ0) is 22.5. The summed E-state index contributed by atoms with van der Waals surface area (Å²) in [5, 5.41) is 22.6. The Kier molecular flexibility index (Phi) is 6.78. The van der Waals surface area contributed by atoms with Gasteiger partial charge in [-0.05, 0) is 30.0 Å². The van der Waals surface area contributed by atoms with Crippen molar-refractivity contribution >= 4 is 22.8 Å². The molecule has 1 heterocycles. The van der Waals surface area contributed by atoms with Gasteiger partial charge in [0, 0.05) is 23.1 Å². The molecule has 2 aromatic carbocycles. The van der Waals surface area contributed by atoms with E-state index in [9.17, 15) is 20.2 Å². The first-order valence-electron chi connectivity index (χ1n) is 9.66. The molecule has 158 valence electrons. The molecule has 3 aromatic rings. The molecule has 0 N–H and O–H groups in total. The monoisotopic (exact) mass is 435 g/mol. The number of nitriles is 1. The third-order valence-electron chi connectivity index (χ3n) is 4.73. The summed E-state index contributed by atoms with van der Waals surface area (Å²) < 4.78 is 5.78. The van der Waals surface area contributed by atoms with Crippen LogP contribution in [0.5, 0.6) is 5.75 Å². The topological polar surface area (TPSA) is 106 Å². The second-order valence-electron chi connectivity index (χ2n) is 7.39. The number of benzene rings is 2. The molecule has 0 saturated carbocycles. The quantitative estimate of drug-likeness (QED) is 0.346.